The minimum Gasteiger partial charge on any atom is -0.366 e. The molecule has 0 aromatic heterocycles. The standard InChI is InChI=1S/C7H7N3O2/c8-7(11)5-1-3-6(4-2-5)9-10-12/h1-4H,(H2,8,11)(H,9,12). The van der Waals surface area contributed by atoms with Gasteiger partial charge in [-0.2, -0.15) is 0 Å². The van der Waals surface area contributed by atoms with E-state index in [1.54, 1.807) is 12.1 Å². The van der Waals surface area contributed by atoms with Gasteiger partial charge in [0, 0.05) is 5.56 Å². The van der Waals surface area contributed by atoms with Crippen molar-refractivity contribution >= 4 is 11.6 Å². The van der Waals surface area contributed by atoms with Crippen molar-refractivity contribution in [1.29, 1.82) is 0 Å². The molecule has 5 nitrogen and oxygen atoms in total. The SMILES string of the molecule is NC(=O)c1ccc(NN=O)cc1. The maximum atomic E-state index is 10.6. The Morgan fingerprint density at radius 2 is 1.92 bits per heavy atom. The summed E-state index contributed by atoms with van der Waals surface area (Å²) in [5, 5.41) is 2.46. The monoisotopic (exact) mass is 165 g/mol. The lowest BCUT2D eigenvalue weighted by atomic mass is 10.2. The van der Waals surface area contributed by atoms with Crippen molar-refractivity contribution < 1.29 is 4.79 Å². The van der Waals surface area contributed by atoms with Crippen LogP contribution < -0.4 is 11.2 Å². The molecule has 0 bridgehead atoms. The Kier molecular flexibility index (Phi) is 2.37. The van der Waals surface area contributed by atoms with Crippen LogP contribution >= 0.6 is 0 Å². The second kappa shape index (κ2) is 3.47. The number of benzene rings is 1. The van der Waals surface area contributed by atoms with Gasteiger partial charge in [-0.25, -0.2) is 5.43 Å². The Labute approximate surface area is 68.5 Å². The Morgan fingerprint density at radius 1 is 1.33 bits per heavy atom. The first-order valence-corrected chi connectivity index (χ1v) is 3.22. The van der Waals surface area contributed by atoms with E-state index < -0.39 is 5.91 Å². The van der Waals surface area contributed by atoms with Crippen LogP contribution in [0.2, 0.25) is 0 Å². The van der Waals surface area contributed by atoms with Crippen LogP contribution in [0.1, 0.15) is 10.4 Å². The number of hydrogen-bond donors (Lipinski definition) is 2. The topological polar surface area (TPSA) is 84.6 Å². The van der Waals surface area contributed by atoms with Crippen LogP contribution in [0.25, 0.3) is 0 Å². The third-order valence-corrected chi connectivity index (χ3v) is 1.34. The molecule has 0 unspecified atom stereocenters. The molecule has 0 aliphatic carbocycles. The highest BCUT2D eigenvalue weighted by atomic mass is 16.3. The predicted molar refractivity (Wildman–Crippen MR) is 44.4 cm³/mol. The van der Waals surface area contributed by atoms with Crippen LogP contribution in [0.15, 0.2) is 29.6 Å². The lowest BCUT2D eigenvalue weighted by Gasteiger charge is -1.97. The Balaban J connectivity index is 2.85. The third kappa shape index (κ3) is 1.79. The molecule has 1 aromatic rings. The van der Waals surface area contributed by atoms with Gasteiger partial charge in [-0.1, -0.05) is 0 Å². The van der Waals surface area contributed by atoms with Gasteiger partial charge in [0.15, 0.2) is 0 Å². The average molecular weight is 165 g/mol. The Bertz CT molecular complexity index is 294. The molecule has 0 saturated carbocycles. The van der Waals surface area contributed by atoms with E-state index in [0.717, 1.165) is 0 Å². The summed E-state index contributed by atoms with van der Waals surface area (Å²) < 4.78 is 0. The van der Waals surface area contributed by atoms with Gasteiger partial charge in [-0.3, -0.25) is 4.79 Å². The maximum absolute atomic E-state index is 10.6. The summed E-state index contributed by atoms with van der Waals surface area (Å²) in [5.41, 5.74) is 8.10. The van der Waals surface area contributed by atoms with Crippen LogP contribution in [0.4, 0.5) is 5.69 Å². The molecule has 0 saturated heterocycles. The molecule has 0 radical (unpaired) electrons. The molecule has 12 heavy (non-hydrogen) atoms. The van der Waals surface area contributed by atoms with Crippen LogP contribution in [0.3, 0.4) is 0 Å². The van der Waals surface area contributed by atoms with E-state index >= 15 is 0 Å². The van der Waals surface area contributed by atoms with Crippen molar-refractivity contribution in [1.82, 2.24) is 0 Å². The number of rotatable bonds is 3. The zero-order valence-corrected chi connectivity index (χ0v) is 6.15. The van der Waals surface area contributed by atoms with Crippen molar-refractivity contribution in [2.45, 2.75) is 0 Å². The molecular weight excluding hydrogens is 158 g/mol. The summed E-state index contributed by atoms with van der Waals surface area (Å²) in [6.45, 7) is 0. The number of anilines is 1. The Morgan fingerprint density at radius 3 is 2.33 bits per heavy atom. The van der Waals surface area contributed by atoms with E-state index in [0.29, 0.717) is 11.3 Å². The molecule has 1 amide bonds. The predicted octanol–water partition coefficient (Wildman–Crippen LogP) is 0.879. The van der Waals surface area contributed by atoms with Crippen LogP contribution in [0, 0.1) is 4.91 Å². The molecule has 62 valence electrons. The number of nitroso groups, excluding NO2 is 1. The van der Waals surface area contributed by atoms with Gasteiger partial charge in [-0.05, 0) is 24.3 Å². The number of nitrogens with one attached hydrogen (secondary N) is 1. The fraction of sp³-hybridized carbons (Fsp3) is 0. The molecule has 0 spiro atoms. The molecule has 1 aromatic carbocycles. The zero-order chi connectivity index (χ0) is 8.97. The van der Waals surface area contributed by atoms with Gasteiger partial charge < -0.3 is 5.73 Å². The van der Waals surface area contributed by atoms with E-state index in [1.165, 1.54) is 12.1 Å². The first-order valence-electron chi connectivity index (χ1n) is 3.22. The molecule has 0 aliphatic heterocycles. The van der Waals surface area contributed by atoms with Crippen LogP contribution in [-0.2, 0) is 0 Å². The third-order valence-electron chi connectivity index (χ3n) is 1.34. The fourth-order valence-electron chi connectivity index (χ4n) is 0.762. The van der Waals surface area contributed by atoms with Gasteiger partial charge in [0.1, 0.15) is 0 Å². The summed E-state index contributed by atoms with van der Waals surface area (Å²) in [6.07, 6.45) is 0. The first kappa shape index (κ1) is 8.19. The molecule has 5 heteroatoms. The summed E-state index contributed by atoms with van der Waals surface area (Å²) >= 11 is 0. The smallest absolute Gasteiger partial charge is 0.248 e. The number of carbonyl (C=O) groups excluding carboxylic acids is 1. The number of nitrogens with zero attached hydrogens (tertiary/aromatic N) is 1. The molecule has 0 heterocycles. The maximum Gasteiger partial charge on any atom is 0.248 e. The summed E-state index contributed by atoms with van der Waals surface area (Å²) in [4.78, 5) is 20.3. The number of carbonyl (C=O) groups is 1. The molecule has 0 atom stereocenters. The minimum atomic E-state index is -0.499. The van der Waals surface area contributed by atoms with Crippen molar-refractivity contribution in [3.05, 3.63) is 34.7 Å². The quantitative estimate of drug-likeness (QED) is 0.515. The summed E-state index contributed by atoms with van der Waals surface area (Å²) in [5.74, 6) is -0.499. The largest absolute Gasteiger partial charge is 0.366 e. The highest BCUT2D eigenvalue weighted by Gasteiger charge is 1.98. The number of amides is 1. The van der Waals surface area contributed by atoms with Gasteiger partial charge >= 0.3 is 0 Å². The van der Waals surface area contributed by atoms with Gasteiger partial charge in [0.25, 0.3) is 0 Å². The highest BCUT2D eigenvalue weighted by Crippen LogP contribution is 2.08. The molecular formula is C7H7N3O2. The van der Waals surface area contributed by atoms with Crippen molar-refractivity contribution in [2.75, 3.05) is 5.43 Å². The van der Waals surface area contributed by atoms with E-state index in [-0.39, 0.29) is 0 Å². The Hall–Kier alpha value is -1.91. The number of nitrogens with two attached hydrogens (primary N) is 1. The lowest BCUT2D eigenvalue weighted by molar-refractivity contribution is 0.100. The van der Waals surface area contributed by atoms with E-state index in [9.17, 15) is 9.70 Å². The number of primary amides is 1. The highest BCUT2D eigenvalue weighted by molar-refractivity contribution is 5.93. The van der Waals surface area contributed by atoms with Crippen LogP contribution in [0.5, 0.6) is 0 Å². The second-order valence-electron chi connectivity index (χ2n) is 2.14. The van der Waals surface area contributed by atoms with Crippen molar-refractivity contribution in [3.63, 3.8) is 0 Å². The zero-order valence-electron chi connectivity index (χ0n) is 6.15. The van der Waals surface area contributed by atoms with E-state index in [2.05, 4.69) is 10.7 Å². The fourth-order valence-corrected chi connectivity index (χ4v) is 0.762. The lowest BCUT2D eigenvalue weighted by Crippen LogP contribution is -2.10. The number of hydrogen-bond acceptors (Lipinski definition) is 3. The molecule has 1 rings (SSSR count). The average Bonchev–Trinajstić information content (AvgIpc) is 2.06. The molecule has 3 N–H and O–H groups in total. The van der Waals surface area contributed by atoms with Crippen LogP contribution in [-0.4, -0.2) is 5.91 Å². The first-order chi connectivity index (χ1) is 5.74. The van der Waals surface area contributed by atoms with Gasteiger partial charge in [0.2, 0.25) is 5.91 Å². The molecule has 0 fully saturated rings. The van der Waals surface area contributed by atoms with Gasteiger partial charge in [-0.15, -0.1) is 4.91 Å². The summed E-state index contributed by atoms with van der Waals surface area (Å²) in [7, 11) is 0. The second-order valence-corrected chi connectivity index (χ2v) is 2.14. The van der Waals surface area contributed by atoms with Crippen molar-refractivity contribution in [3.8, 4) is 0 Å². The van der Waals surface area contributed by atoms with E-state index in [4.69, 9.17) is 5.73 Å². The van der Waals surface area contributed by atoms with Gasteiger partial charge in [0.05, 0.1) is 11.0 Å². The van der Waals surface area contributed by atoms with Crippen molar-refractivity contribution in [2.24, 2.45) is 11.0 Å². The minimum absolute atomic E-state index is 0.395. The summed E-state index contributed by atoms with van der Waals surface area (Å²) in [6, 6.07) is 6.11. The molecule has 0 aliphatic rings. The normalized spacial score (nSPS) is 9.00. The van der Waals surface area contributed by atoms with E-state index in [1.807, 2.05) is 0 Å².